The van der Waals surface area contributed by atoms with Crippen LogP contribution in [0.1, 0.15) is 25.3 Å². The summed E-state index contributed by atoms with van der Waals surface area (Å²) in [7, 11) is 0. The highest BCUT2D eigenvalue weighted by atomic mass is 79.9. The molecular weight excluding hydrogens is 356 g/mol. The number of hydrogen-bond acceptors (Lipinski definition) is 2. The summed E-state index contributed by atoms with van der Waals surface area (Å²) in [5, 5.41) is 3.45. The summed E-state index contributed by atoms with van der Waals surface area (Å²) in [6.45, 7) is 3.75. The van der Waals surface area contributed by atoms with Crippen LogP contribution in [0.3, 0.4) is 0 Å². The van der Waals surface area contributed by atoms with E-state index in [1.165, 1.54) is 4.90 Å². The Morgan fingerprint density at radius 1 is 1.38 bits per heavy atom. The molecule has 1 aliphatic carbocycles. The van der Waals surface area contributed by atoms with Crippen molar-refractivity contribution in [2.24, 2.45) is 5.92 Å². The monoisotopic (exact) mass is 370 g/mol. The summed E-state index contributed by atoms with van der Waals surface area (Å²) >= 11 is 9.65. The lowest BCUT2D eigenvalue weighted by molar-refractivity contribution is -0.136. The van der Waals surface area contributed by atoms with Crippen LogP contribution in [-0.2, 0) is 9.59 Å². The van der Waals surface area contributed by atoms with Crippen LogP contribution in [0.25, 0.3) is 0 Å². The maximum absolute atomic E-state index is 12.9. The van der Waals surface area contributed by atoms with Crippen LogP contribution in [-0.4, -0.2) is 23.9 Å². The quantitative estimate of drug-likeness (QED) is 0.868. The molecular formula is C15H16BrClN2O2. The Labute approximate surface area is 137 Å². The van der Waals surface area contributed by atoms with Gasteiger partial charge in [0.1, 0.15) is 12.1 Å². The van der Waals surface area contributed by atoms with Crippen LogP contribution in [0.15, 0.2) is 16.6 Å². The Balaban J connectivity index is 2.03. The standard InChI is InChI=1S/C15H16BrClN2O2/c1-8-5-10(16)12(6-11(8)17)19-7-13(20)18-15(2,14(19)21)9-3-4-9/h5-6,9H,3-4,7H2,1-2H3,(H,18,20). The van der Waals surface area contributed by atoms with Gasteiger partial charge in [-0.05, 0) is 66.2 Å². The predicted molar refractivity (Wildman–Crippen MR) is 85.5 cm³/mol. The van der Waals surface area contributed by atoms with Crippen LogP contribution in [0.5, 0.6) is 0 Å². The van der Waals surface area contributed by atoms with Crippen molar-refractivity contribution in [1.29, 1.82) is 0 Å². The highest BCUT2D eigenvalue weighted by molar-refractivity contribution is 9.10. The fourth-order valence-electron chi connectivity index (χ4n) is 2.85. The van der Waals surface area contributed by atoms with E-state index in [1.807, 2.05) is 19.9 Å². The van der Waals surface area contributed by atoms with Crippen molar-refractivity contribution in [2.75, 3.05) is 11.4 Å². The number of carbonyl (C=O) groups excluding carboxylic acids is 2. The third-order valence-corrected chi connectivity index (χ3v) is 5.35. The number of nitrogens with one attached hydrogen (secondary N) is 1. The van der Waals surface area contributed by atoms with Gasteiger partial charge in [0.2, 0.25) is 5.91 Å². The highest BCUT2D eigenvalue weighted by Gasteiger charge is 2.53. The lowest BCUT2D eigenvalue weighted by Crippen LogP contribution is -2.66. The number of rotatable bonds is 2. The molecule has 2 fully saturated rings. The summed E-state index contributed by atoms with van der Waals surface area (Å²) < 4.78 is 0.769. The Hall–Kier alpha value is -1.07. The maximum Gasteiger partial charge on any atom is 0.253 e. The zero-order valence-corrected chi connectivity index (χ0v) is 14.2. The first-order chi connectivity index (χ1) is 9.83. The third kappa shape index (κ3) is 2.46. The first-order valence-electron chi connectivity index (χ1n) is 6.91. The molecule has 1 heterocycles. The molecule has 1 aliphatic heterocycles. The van der Waals surface area contributed by atoms with Crippen LogP contribution < -0.4 is 10.2 Å². The molecule has 0 bridgehead atoms. The van der Waals surface area contributed by atoms with E-state index in [9.17, 15) is 9.59 Å². The lowest BCUT2D eigenvalue weighted by atomic mass is 9.91. The number of aryl methyl sites for hydroxylation is 1. The number of benzene rings is 1. The van der Waals surface area contributed by atoms with Crippen molar-refractivity contribution in [3.8, 4) is 0 Å². The predicted octanol–water partition coefficient (Wildman–Crippen LogP) is 3.04. The molecule has 21 heavy (non-hydrogen) atoms. The molecule has 3 rings (SSSR count). The molecule has 1 saturated heterocycles. The van der Waals surface area contributed by atoms with Crippen LogP contribution >= 0.6 is 27.5 Å². The Morgan fingerprint density at radius 3 is 2.67 bits per heavy atom. The minimum absolute atomic E-state index is 0.0269. The summed E-state index contributed by atoms with van der Waals surface area (Å²) in [6, 6.07) is 3.61. The smallest absolute Gasteiger partial charge is 0.253 e. The normalized spacial score (nSPS) is 26.0. The van der Waals surface area contributed by atoms with Gasteiger partial charge in [0.05, 0.1) is 5.69 Å². The van der Waals surface area contributed by atoms with Crippen molar-refractivity contribution < 1.29 is 9.59 Å². The molecule has 4 nitrogen and oxygen atoms in total. The molecule has 1 aromatic carbocycles. The van der Waals surface area contributed by atoms with Gasteiger partial charge < -0.3 is 5.32 Å². The van der Waals surface area contributed by atoms with Crippen molar-refractivity contribution in [3.63, 3.8) is 0 Å². The topological polar surface area (TPSA) is 49.4 Å². The van der Waals surface area contributed by atoms with Gasteiger partial charge in [-0.15, -0.1) is 0 Å². The summed E-state index contributed by atoms with van der Waals surface area (Å²) in [5.74, 6) is 0.0364. The van der Waals surface area contributed by atoms with Crippen LogP contribution in [0.2, 0.25) is 5.02 Å². The molecule has 2 amide bonds. The summed E-state index contributed by atoms with van der Waals surface area (Å²) in [6.07, 6.45) is 1.96. The molecule has 1 atom stereocenters. The molecule has 112 valence electrons. The van der Waals surface area contributed by atoms with E-state index >= 15 is 0 Å². The second-order valence-corrected chi connectivity index (χ2v) is 7.23. The van der Waals surface area contributed by atoms with E-state index < -0.39 is 5.54 Å². The number of piperazine rings is 1. The minimum atomic E-state index is -0.799. The molecule has 1 N–H and O–H groups in total. The Morgan fingerprint density at radius 2 is 2.05 bits per heavy atom. The van der Waals surface area contributed by atoms with Gasteiger partial charge in [0.25, 0.3) is 5.91 Å². The maximum atomic E-state index is 12.9. The number of anilines is 1. The SMILES string of the molecule is Cc1cc(Br)c(N2CC(=O)NC(C)(C3CC3)C2=O)cc1Cl. The van der Waals surface area contributed by atoms with Crippen LogP contribution in [0, 0.1) is 12.8 Å². The molecule has 0 radical (unpaired) electrons. The molecule has 1 saturated carbocycles. The van der Waals surface area contributed by atoms with Gasteiger partial charge in [0.15, 0.2) is 0 Å². The number of halogens is 2. The minimum Gasteiger partial charge on any atom is -0.340 e. The molecule has 0 aromatic heterocycles. The van der Waals surface area contributed by atoms with Gasteiger partial charge in [-0.2, -0.15) is 0 Å². The highest BCUT2D eigenvalue weighted by Crippen LogP contribution is 2.43. The number of carbonyl (C=O) groups is 2. The van der Waals surface area contributed by atoms with Crippen molar-refractivity contribution >= 4 is 45.0 Å². The molecule has 1 unspecified atom stereocenters. The van der Waals surface area contributed by atoms with Gasteiger partial charge in [0, 0.05) is 9.50 Å². The first-order valence-corrected chi connectivity index (χ1v) is 8.08. The Kier molecular flexibility index (Phi) is 3.53. The van der Waals surface area contributed by atoms with Crippen molar-refractivity contribution in [2.45, 2.75) is 32.2 Å². The molecule has 1 aromatic rings. The third-order valence-electron chi connectivity index (χ3n) is 4.30. The zero-order valence-electron chi connectivity index (χ0n) is 11.9. The van der Waals surface area contributed by atoms with Gasteiger partial charge in [-0.3, -0.25) is 14.5 Å². The van der Waals surface area contributed by atoms with Gasteiger partial charge in [-0.1, -0.05) is 11.6 Å². The largest absolute Gasteiger partial charge is 0.340 e. The van der Waals surface area contributed by atoms with Crippen LogP contribution in [0.4, 0.5) is 5.69 Å². The fraction of sp³-hybridized carbons (Fsp3) is 0.467. The first kappa shape index (κ1) is 14.9. The molecule has 2 aliphatic rings. The molecule has 0 spiro atoms. The second-order valence-electron chi connectivity index (χ2n) is 5.97. The number of hydrogen-bond donors (Lipinski definition) is 1. The van der Waals surface area contributed by atoms with E-state index in [1.54, 1.807) is 6.07 Å². The average Bonchev–Trinajstić information content (AvgIpc) is 3.23. The van der Waals surface area contributed by atoms with E-state index in [4.69, 9.17) is 11.6 Å². The summed E-state index contributed by atoms with van der Waals surface area (Å²) in [5.41, 5.74) is 0.773. The van der Waals surface area contributed by atoms with Gasteiger partial charge >= 0.3 is 0 Å². The fourth-order valence-corrected chi connectivity index (χ4v) is 3.68. The molecule has 6 heteroatoms. The zero-order chi connectivity index (χ0) is 15.4. The van der Waals surface area contributed by atoms with E-state index in [0.717, 1.165) is 22.9 Å². The lowest BCUT2D eigenvalue weighted by Gasteiger charge is -2.40. The van der Waals surface area contributed by atoms with Gasteiger partial charge in [-0.25, -0.2) is 0 Å². The second kappa shape index (κ2) is 4.99. The number of nitrogens with zero attached hydrogens (tertiary/aromatic N) is 1. The van der Waals surface area contributed by atoms with Crippen molar-refractivity contribution in [1.82, 2.24) is 5.32 Å². The number of amides is 2. The van der Waals surface area contributed by atoms with E-state index in [0.29, 0.717) is 10.7 Å². The average molecular weight is 372 g/mol. The Bertz CT molecular complexity index is 645. The van der Waals surface area contributed by atoms with E-state index in [2.05, 4.69) is 21.2 Å². The van der Waals surface area contributed by atoms with Crippen molar-refractivity contribution in [3.05, 3.63) is 27.2 Å². The van der Waals surface area contributed by atoms with E-state index in [-0.39, 0.29) is 24.3 Å². The summed E-state index contributed by atoms with van der Waals surface area (Å²) in [4.78, 5) is 26.5.